The summed E-state index contributed by atoms with van der Waals surface area (Å²) in [7, 11) is 4.25. The predicted molar refractivity (Wildman–Crippen MR) is 61.5 cm³/mol. The van der Waals surface area contributed by atoms with E-state index in [2.05, 4.69) is 0 Å². The van der Waals surface area contributed by atoms with Crippen LogP contribution < -0.4 is 19.9 Å². The Morgan fingerprint density at radius 3 is 2.00 bits per heavy atom. The number of nitrogens with two attached hydrogens (primary N) is 1. The normalized spacial score (nSPS) is 24.6. The second-order valence-corrected chi connectivity index (χ2v) is 4.23. The summed E-state index contributed by atoms with van der Waals surface area (Å²) in [6.07, 6.45) is -0.397. The summed E-state index contributed by atoms with van der Waals surface area (Å²) >= 11 is 0. The number of hydrogen-bond donors (Lipinski definition) is 1. The van der Waals surface area contributed by atoms with Crippen molar-refractivity contribution in [2.75, 3.05) is 21.3 Å². The molecule has 0 radical (unpaired) electrons. The first-order valence-electron chi connectivity index (χ1n) is 5.37. The molecule has 1 aromatic rings. The Morgan fingerprint density at radius 2 is 1.61 bits per heavy atom. The third-order valence-electron chi connectivity index (χ3n) is 3.21. The number of methoxy groups -OCH3 is 3. The Labute approximate surface area is 104 Å². The summed E-state index contributed by atoms with van der Waals surface area (Å²) in [5.74, 6) is -2.05. The summed E-state index contributed by atoms with van der Waals surface area (Å²) < 4.78 is 42.1. The molecule has 0 saturated heterocycles. The van der Waals surface area contributed by atoms with Gasteiger partial charge in [0.15, 0.2) is 11.5 Å². The number of benzene rings is 1. The fourth-order valence-corrected chi connectivity index (χ4v) is 2.05. The molecule has 18 heavy (non-hydrogen) atoms. The molecule has 0 aromatic heterocycles. The highest BCUT2D eigenvalue weighted by Crippen LogP contribution is 2.61. The van der Waals surface area contributed by atoms with E-state index in [0.717, 1.165) is 0 Å². The number of rotatable bonds is 4. The maximum Gasteiger partial charge on any atom is 0.272 e. The first kappa shape index (κ1) is 12.9. The van der Waals surface area contributed by atoms with Gasteiger partial charge >= 0.3 is 0 Å². The van der Waals surface area contributed by atoms with Crippen LogP contribution in [0.1, 0.15) is 12.0 Å². The van der Waals surface area contributed by atoms with Crippen molar-refractivity contribution >= 4 is 0 Å². The Bertz CT molecular complexity index is 479. The van der Waals surface area contributed by atoms with Gasteiger partial charge in [-0.3, -0.25) is 0 Å². The molecule has 1 aliphatic rings. The Hall–Kier alpha value is -1.56. The van der Waals surface area contributed by atoms with Crippen LogP contribution in [0.2, 0.25) is 0 Å². The van der Waals surface area contributed by atoms with Gasteiger partial charge in [-0.05, 0) is 12.1 Å². The molecule has 2 rings (SSSR count). The van der Waals surface area contributed by atoms with Crippen LogP contribution in [0.5, 0.6) is 17.2 Å². The second kappa shape index (κ2) is 3.98. The van der Waals surface area contributed by atoms with Crippen LogP contribution in [0.4, 0.5) is 8.78 Å². The quantitative estimate of drug-likeness (QED) is 0.897. The number of ether oxygens (including phenoxy) is 3. The number of alkyl halides is 2. The molecular weight excluding hydrogens is 244 g/mol. The van der Waals surface area contributed by atoms with Gasteiger partial charge in [0.25, 0.3) is 5.92 Å². The molecule has 4 nitrogen and oxygen atoms in total. The lowest BCUT2D eigenvalue weighted by molar-refractivity contribution is 0.0882. The number of halogens is 2. The van der Waals surface area contributed by atoms with E-state index >= 15 is 0 Å². The van der Waals surface area contributed by atoms with Gasteiger partial charge in [0.1, 0.15) is 5.54 Å². The molecule has 0 heterocycles. The average Bonchev–Trinajstić information content (AvgIpc) is 2.87. The van der Waals surface area contributed by atoms with Gasteiger partial charge in [0, 0.05) is 12.0 Å². The Morgan fingerprint density at radius 1 is 1.06 bits per heavy atom. The molecule has 0 aliphatic heterocycles. The van der Waals surface area contributed by atoms with Crippen molar-refractivity contribution in [3.63, 3.8) is 0 Å². The molecule has 1 unspecified atom stereocenters. The molecule has 0 bridgehead atoms. The molecule has 100 valence electrons. The van der Waals surface area contributed by atoms with Gasteiger partial charge in [0.2, 0.25) is 5.75 Å². The number of hydrogen-bond acceptors (Lipinski definition) is 4. The van der Waals surface area contributed by atoms with E-state index in [-0.39, 0.29) is 17.1 Å². The highest BCUT2D eigenvalue weighted by atomic mass is 19.3. The molecule has 1 aromatic carbocycles. The molecule has 0 amide bonds. The van der Waals surface area contributed by atoms with Crippen molar-refractivity contribution < 1.29 is 23.0 Å². The Balaban J connectivity index is 2.57. The van der Waals surface area contributed by atoms with Gasteiger partial charge in [-0.15, -0.1) is 0 Å². The maximum atomic E-state index is 13.3. The van der Waals surface area contributed by atoms with Crippen molar-refractivity contribution in [3.05, 3.63) is 17.7 Å². The molecule has 0 spiro atoms. The summed E-state index contributed by atoms with van der Waals surface area (Å²) in [4.78, 5) is 0. The summed E-state index contributed by atoms with van der Waals surface area (Å²) in [5, 5.41) is 0. The molecule has 1 aliphatic carbocycles. The van der Waals surface area contributed by atoms with Crippen molar-refractivity contribution in [1.82, 2.24) is 0 Å². The van der Waals surface area contributed by atoms with Crippen molar-refractivity contribution in [3.8, 4) is 17.2 Å². The second-order valence-electron chi connectivity index (χ2n) is 4.23. The standard InChI is InChI=1S/C12H15F2NO3/c1-16-8-5-4-7(9(17-2)10(8)18-3)11(15)6-12(11,13)14/h4-5H,6,15H2,1-3H3. The molecule has 6 heteroatoms. The van der Waals surface area contributed by atoms with Gasteiger partial charge in [-0.2, -0.15) is 0 Å². The zero-order valence-electron chi connectivity index (χ0n) is 10.4. The van der Waals surface area contributed by atoms with Crippen molar-refractivity contribution in [2.45, 2.75) is 17.9 Å². The van der Waals surface area contributed by atoms with E-state index in [1.54, 1.807) is 6.07 Å². The third kappa shape index (κ3) is 1.59. The van der Waals surface area contributed by atoms with Crippen molar-refractivity contribution in [1.29, 1.82) is 0 Å². The zero-order chi connectivity index (χ0) is 13.6. The lowest BCUT2D eigenvalue weighted by atomic mass is 10.0. The first-order valence-corrected chi connectivity index (χ1v) is 5.37. The predicted octanol–water partition coefficient (Wildman–Crippen LogP) is 1.91. The van der Waals surface area contributed by atoms with E-state index in [9.17, 15) is 8.78 Å². The largest absolute Gasteiger partial charge is 0.493 e. The zero-order valence-corrected chi connectivity index (χ0v) is 10.4. The monoisotopic (exact) mass is 259 g/mol. The smallest absolute Gasteiger partial charge is 0.272 e. The highest BCUT2D eigenvalue weighted by Gasteiger charge is 2.71. The van der Waals surface area contributed by atoms with Crippen LogP contribution in [0, 0.1) is 0 Å². The molecule has 1 atom stereocenters. The molecule has 2 N–H and O–H groups in total. The van der Waals surface area contributed by atoms with Gasteiger partial charge in [0.05, 0.1) is 21.3 Å². The lowest BCUT2D eigenvalue weighted by Crippen LogP contribution is -2.27. The maximum absolute atomic E-state index is 13.3. The fourth-order valence-electron chi connectivity index (χ4n) is 2.05. The van der Waals surface area contributed by atoms with Gasteiger partial charge < -0.3 is 19.9 Å². The first-order chi connectivity index (χ1) is 8.41. The third-order valence-corrected chi connectivity index (χ3v) is 3.21. The lowest BCUT2D eigenvalue weighted by Gasteiger charge is -2.19. The van der Waals surface area contributed by atoms with Crippen LogP contribution in [-0.2, 0) is 5.54 Å². The minimum absolute atomic E-state index is 0.191. The minimum Gasteiger partial charge on any atom is -0.493 e. The molecule has 1 fully saturated rings. The van der Waals surface area contributed by atoms with E-state index < -0.39 is 17.9 Å². The van der Waals surface area contributed by atoms with E-state index in [4.69, 9.17) is 19.9 Å². The van der Waals surface area contributed by atoms with Gasteiger partial charge in [-0.25, -0.2) is 8.78 Å². The summed E-state index contributed by atoms with van der Waals surface area (Å²) in [6, 6.07) is 3.03. The van der Waals surface area contributed by atoms with Gasteiger partial charge in [-0.1, -0.05) is 0 Å². The summed E-state index contributed by atoms with van der Waals surface area (Å²) in [6.45, 7) is 0. The fraction of sp³-hybridized carbons (Fsp3) is 0.500. The topological polar surface area (TPSA) is 53.7 Å². The van der Waals surface area contributed by atoms with E-state index in [1.165, 1.54) is 27.4 Å². The molecular formula is C12H15F2NO3. The highest BCUT2D eigenvalue weighted by molar-refractivity contribution is 5.60. The van der Waals surface area contributed by atoms with Crippen LogP contribution in [0.25, 0.3) is 0 Å². The van der Waals surface area contributed by atoms with Crippen molar-refractivity contribution in [2.24, 2.45) is 5.73 Å². The summed E-state index contributed by atoms with van der Waals surface area (Å²) in [5.41, 5.74) is 4.26. The van der Waals surface area contributed by atoms with Crippen LogP contribution in [0.15, 0.2) is 12.1 Å². The average molecular weight is 259 g/mol. The molecule has 1 saturated carbocycles. The van der Waals surface area contributed by atoms with Crippen LogP contribution in [-0.4, -0.2) is 27.3 Å². The minimum atomic E-state index is -2.92. The van der Waals surface area contributed by atoms with Crippen LogP contribution in [0.3, 0.4) is 0 Å². The Kier molecular flexibility index (Phi) is 2.85. The van der Waals surface area contributed by atoms with Crippen LogP contribution >= 0.6 is 0 Å². The van der Waals surface area contributed by atoms with E-state index in [0.29, 0.717) is 5.75 Å². The SMILES string of the molecule is COc1ccc(C2(N)CC2(F)F)c(OC)c1OC. The van der Waals surface area contributed by atoms with E-state index in [1.807, 2.05) is 0 Å².